The molecule has 0 aliphatic carbocycles. The van der Waals surface area contributed by atoms with Gasteiger partial charge in [-0.15, -0.1) is 11.6 Å². The van der Waals surface area contributed by atoms with Crippen molar-refractivity contribution in [2.45, 2.75) is 12.8 Å². The fourth-order valence-electron chi connectivity index (χ4n) is 2.35. The molecule has 2 nitrogen and oxygen atoms in total. The summed E-state index contributed by atoms with van der Waals surface area (Å²) in [7, 11) is 0. The number of rotatable bonds is 2. The van der Waals surface area contributed by atoms with Crippen LogP contribution in [0.5, 0.6) is 0 Å². The molecular weight excluding hydrogens is 298 g/mol. The first kappa shape index (κ1) is 13.4. The standard InChI is InChI=1S/C15H11Cl2FN2/c1-9-3-2-4-12-15(9)20(14(8-16)19-12)13-6-5-10(18)7-11(13)17/h2-7H,8H2,1H3. The molecule has 20 heavy (non-hydrogen) atoms. The van der Waals surface area contributed by atoms with Crippen molar-refractivity contribution >= 4 is 34.2 Å². The van der Waals surface area contributed by atoms with E-state index in [0.29, 0.717) is 16.5 Å². The fourth-order valence-corrected chi connectivity index (χ4v) is 2.79. The lowest BCUT2D eigenvalue weighted by Gasteiger charge is -2.11. The van der Waals surface area contributed by atoms with Gasteiger partial charge in [0, 0.05) is 0 Å². The molecule has 0 saturated heterocycles. The predicted octanol–water partition coefficient (Wildman–Crippen LogP) is 4.87. The Bertz CT molecular complexity index is 796. The SMILES string of the molecule is Cc1cccc2nc(CCl)n(-c3ccc(F)cc3Cl)c12. The van der Waals surface area contributed by atoms with E-state index >= 15 is 0 Å². The molecule has 0 aliphatic rings. The van der Waals surface area contributed by atoms with Crippen LogP contribution in [0, 0.1) is 12.7 Å². The molecule has 0 N–H and O–H groups in total. The zero-order chi connectivity index (χ0) is 14.3. The number of imidazole rings is 1. The van der Waals surface area contributed by atoms with Crippen LogP contribution < -0.4 is 0 Å². The van der Waals surface area contributed by atoms with Crippen LogP contribution in [0.2, 0.25) is 5.02 Å². The lowest BCUT2D eigenvalue weighted by atomic mass is 10.2. The second-order valence-corrected chi connectivity index (χ2v) is 5.21. The number of aryl methyl sites for hydroxylation is 1. The normalized spacial score (nSPS) is 11.2. The van der Waals surface area contributed by atoms with Crippen LogP contribution in [-0.2, 0) is 5.88 Å². The molecule has 5 heteroatoms. The molecule has 1 aromatic heterocycles. The largest absolute Gasteiger partial charge is 0.294 e. The number of para-hydroxylation sites is 1. The summed E-state index contributed by atoms with van der Waals surface area (Å²) in [5.41, 5.74) is 3.53. The van der Waals surface area contributed by atoms with Gasteiger partial charge in [-0.05, 0) is 36.8 Å². The fraction of sp³-hybridized carbons (Fsp3) is 0.133. The Balaban J connectivity index is 2.39. The first-order valence-corrected chi connectivity index (χ1v) is 7.01. The molecule has 0 aliphatic heterocycles. The van der Waals surface area contributed by atoms with E-state index in [2.05, 4.69) is 4.98 Å². The minimum absolute atomic E-state index is 0.252. The van der Waals surface area contributed by atoms with Crippen molar-refractivity contribution in [1.29, 1.82) is 0 Å². The number of halogens is 3. The van der Waals surface area contributed by atoms with Crippen LogP contribution in [0.15, 0.2) is 36.4 Å². The molecule has 0 bridgehead atoms. The number of hydrogen-bond acceptors (Lipinski definition) is 1. The van der Waals surface area contributed by atoms with E-state index in [0.717, 1.165) is 16.6 Å². The molecule has 0 amide bonds. The monoisotopic (exact) mass is 308 g/mol. The third-order valence-electron chi connectivity index (χ3n) is 3.22. The van der Waals surface area contributed by atoms with Gasteiger partial charge >= 0.3 is 0 Å². The average Bonchev–Trinajstić information content (AvgIpc) is 2.79. The third kappa shape index (κ3) is 2.07. The minimum Gasteiger partial charge on any atom is -0.294 e. The van der Waals surface area contributed by atoms with E-state index in [1.165, 1.54) is 12.1 Å². The summed E-state index contributed by atoms with van der Waals surface area (Å²) in [6, 6.07) is 10.2. The highest BCUT2D eigenvalue weighted by Gasteiger charge is 2.15. The molecule has 1 heterocycles. The Kier molecular flexibility index (Phi) is 3.40. The zero-order valence-electron chi connectivity index (χ0n) is 10.7. The number of fused-ring (bicyclic) bond motifs is 1. The molecule has 3 aromatic rings. The average molecular weight is 309 g/mol. The molecular formula is C15H11Cl2FN2. The Morgan fingerprint density at radius 2 is 2.05 bits per heavy atom. The van der Waals surface area contributed by atoms with Gasteiger partial charge in [0.05, 0.1) is 27.6 Å². The van der Waals surface area contributed by atoms with Gasteiger partial charge in [0.25, 0.3) is 0 Å². The van der Waals surface area contributed by atoms with Gasteiger partial charge in [0.1, 0.15) is 11.6 Å². The van der Waals surface area contributed by atoms with Crippen molar-refractivity contribution in [3.05, 3.63) is 58.6 Å². The van der Waals surface area contributed by atoms with Crippen molar-refractivity contribution < 1.29 is 4.39 Å². The number of hydrogen-bond donors (Lipinski definition) is 0. The minimum atomic E-state index is -0.368. The van der Waals surface area contributed by atoms with Gasteiger partial charge in [0.15, 0.2) is 0 Å². The maximum Gasteiger partial charge on any atom is 0.129 e. The topological polar surface area (TPSA) is 17.8 Å². The maximum atomic E-state index is 13.2. The third-order valence-corrected chi connectivity index (χ3v) is 3.76. The van der Waals surface area contributed by atoms with E-state index < -0.39 is 0 Å². The predicted molar refractivity (Wildman–Crippen MR) is 80.3 cm³/mol. The summed E-state index contributed by atoms with van der Waals surface area (Å²) in [4.78, 5) is 4.51. The van der Waals surface area contributed by atoms with Gasteiger partial charge in [-0.25, -0.2) is 9.37 Å². The maximum absolute atomic E-state index is 13.2. The van der Waals surface area contributed by atoms with Crippen molar-refractivity contribution in [2.24, 2.45) is 0 Å². The summed E-state index contributed by atoms with van der Waals surface area (Å²) < 4.78 is 15.1. The van der Waals surface area contributed by atoms with Crippen LogP contribution in [0.4, 0.5) is 4.39 Å². The number of alkyl halides is 1. The molecule has 0 atom stereocenters. The van der Waals surface area contributed by atoms with Gasteiger partial charge in [-0.1, -0.05) is 23.7 Å². The summed E-state index contributed by atoms with van der Waals surface area (Å²) in [6.45, 7) is 2.00. The molecule has 2 aromatic carbocycles. The molecule has 3 rings (SSSR count). The van der Waals surface area contributed by atoms with E-state index in [4.69, 9.17) is 23.2 Å². The molecule has 0 saturated carbocycles. The molecule has 0 unspecified atom stereocenters. The molecule has 102 valence electrons. The van der Waals surface area contributed by atoms with Crippen LogP contribution in [0.25, 0.3) is 16.7 Å². The Labute approximate surface area is 125 Å². The number of benzene rings is 2. The van der Waals surface area contributed by atoms with Crippen LogP contribution in [-0.4, -0.2) is 9.55 Å². The second-order valence-electron chi connectivity index (χ2n) is 4.54. The second kappa shape index (κ2) is 5.08. The summed E-state index contributed by atoms with van der Waals surface area (Å²) in [6.07, 6.45) is 0. The zero-order valence-corrected chi connectivity index (χ0v) is 12.2. The Morgan fingerprint density at radius 1 is 1.25 bits per heavy atom. The van der Waals surface area contributed by atoms with Gasteiger partial charge in [-0.3, -0.25) is 4.57 Å². The molecule has 0 radical (unpaired) electrons. The Hall–Kier alpha value is -1.58. The molecule has 0 spiro atoms. The van der Waals surface area contributed by atoms with Gasteiger partial charge < -0.3 is 0 Å². The highest BCUT2D eigenvalue weighted by Crippen LogP contribution is 2.29. The van der Waals surface area contributed by atoms with E-state index in [-0.39, 0.29) is 11.7 Å². The van der Waals surface area contributed by atoms with Crippen LogP contribution in [0.1, 0.15) is 11.4 Å². The smallest absolute Gasteiger partial charge is 0.129 e. The van der Waals surface area contributed by atoms with E-state index in [1.807, 2.05) is 29.7 Å². The Morgan fingerprint density at radius 3 is 2.75 bits per heavy atom. The lowest BCUT2D eigenvalue weighted by molar-refractivity contribution is 0.627. The number of nitrogens with zero attached hydrogens (tertiary/aromatic N) is 2. The van der Waals surface area contributed by atoms with Crippen molar-refractivity contribution in [1.82, 2.24) is 9.55 Å². The number of aromatic nitrogens is 2. The van der Waals surface area contributed by atoms with Crippen molar-refractivity contribution in [3.63, 3.8) is 0 Å². The highest BCUT2D eigenvalue weighted by atomic mass is 35.5. The first-order chi connectivity index (χ1) is 9.61. The van der Waals surface area contributed by atoms with Crippen molar-refractivity contribution in [2.75, 3.05) is 0 Å². The lowest BCUT2D eigenvalue weighted by Crippen LogP contribution is -2.01. The summed E-state index contributed by atoms with van der Waals surface area (Å²) in [5, 5.41) is 0.332. The first-order valence-electron chi connectivity index (χ1n) is 6.10. The van der Waals surface area contributed by atoms with Crippen LogP contribution >= 0.6 is 23.2 Å². The van der Waals surface area contributed by atoms with Crippen LogP contribution in [0.3, 0.4) is 0 Å². The van der Waals surface area contributed by atoms with E-state index in [9.17, 15) is 4.39 Å². The quantitative estimate of drug-likeness (QED) is 0.618. The summed E-state index contributed by atoms with van der Waals surface area (Å²) >= 11 is 12.2. The van der Waals surface area contributed by atoms with Crippen molar-refractivity contribution in [3.8, 4) is 5.69 Å². The van der Waals surface area contributed by atoms with E-state index in [1.54, 1.807) is 6.07 Å². The molecule has 0 fully saturated rings. The van der Waals surface area contributed by atoms with Gasteiger partial charge in [0.2, 0.25) is 0 Å². The highest BCUT2D eigenvalue weighted by molar-refractivity contribution is 6.32. The summed E-state index contributed by atoms with van der Waals surface area (Å²) in [5.74, 6) is 0.568. The van der Waals surface area contributed by atoms with Gasteiger partial charge in [-0.2, -0.15) is 0 Å².